The lowest BCUT2D eigenvalue weighted by Gasteiger charge is -2.18. The number of amides is 1. The van der Waals surface area contributed by atoms with Crippen molar-refractivity contribution in [3.8, 4) is 11.5 Å². The van der Waals surface area contributed by atoms with Crippen molar-refractivity contribution in [2.75, 3.05) is 19.0 Å². The largest absolute Gasteiger partial charge is 0.497 e. The van der Waals surface area contributed by atoms with E-state index in [2.05, 4.69) is 5.32 Å². The molecule has 6 nitrogen and oxygen atoms in total. The molecular formula is C23H20FNO5. The van der Waals surface area contributed by atoms with Gasteiger partial charge in [-0.05, 0) is 24.3 Å². The van der Waals surface area contributed by atoms with Crippen LogP contribution in [0.4, 0.5) is 10.1 Å². The van der Waals surface area contributed by atoms with Crippen LogP contribution in [0.2, 0.25) is 0 Å². The van der Waals surface area contributed by atoms with Gasteiger partial charge in [-0.2, -0.15) is 0 Å². The molecule has 0 heterocycles. The molecule has 3 rings (SSSR count). The SMILES string of the molecule is COc1cccc(NC(=O)[C@H](OC(=O)COc2ccccc2F)c2ccccc2)c1. The van der Waals surface area contributed by atoms with Gasteiger partial charge in [-0.3, -0.25) is 4.79 Å². The number of methoxy groups -OCH3 is 1. The number of hydrogen-bond acceptors (Lipinski definition) is 5. The summed E-state index contributed by atoms with van der Waals surface area (Å²) < 4.78 is 29.3. The lowest BCUT2D eigenvalue weighted by Crippen LogP contribution is -2.28. The number of carbonyl (C=O) groups is 2. The third-order valence-corrected chi connectivity index (χ3v) is 4.11. The zero-order valence-corrected chi connectivity index (χ0v) is 16.2. The highest BCUT2D eigenvalue weighted by Gasteiger charge is 2.25. The number of para-hydroxylation sites is 1. The predicted molar refractivity (Wildman–Crippen MR) is 109 cm³/mol. The van der Waals surface area contributed by atoms with Crippen LogP contribution < -0.4 is 14.8 Å². The van der Waals surface area contributed by atoms with Crippen LogP contribution in [0, 0.1) is 5.82 Å². The van der Waals surface area contributed by atoms with Gasteiger partial charge in [0.15, 0.2) is 18.2 Å². The second-order valence-electron chi connectivity index (χ2n) is 6.22. The van der Waals surface area contributed by atoms with E-state index >= 15 is 0 Å². The van der Waals surface area contributed by atoms with Crippen LogP contribution in [0.1, 0.15) is 11.7 Å². The molecule has 1 amide bonds. The molecule has 0 radical (unpaired) electrons. The fourth-order valence-corrected chi connectivity index (χ4v) is 2.67. The zero-order valence-electron chi connectivity index (χ0n) is 16.2. The fourth-order valence-electron chi connectivity index (χ4n) is 2.67. The summed E-state index contributed by atoms with van der Waals surface area (Å²) in [5.74, 6) is -1.46. The molecular weight excluding hydrogens is 389 g/mol. The highest BCUT2D eigenvalue weighted by atomic mass is 19.1. The van der Waals surface area contributed by atoms with E-state index in [1.54, 1.807) is 60.7 Å². The van der Waals surface area contributed by atoms with E-state index in [4.69, 9.17) is 14.2 Å². The van der Waals surface area contributed by atoms with Crippen molar-refractivity contribution in [3.05, 3.63) is 90.2 Å². The van der Waals surface area contributed by atoms with Crippen LogP contribution >= 0.6 is 0 Å². The van der Waals surface area contributed by atoms with Crippen LogP contribution in [-0.2, 0) is 14.3 Å². The minimum atomic E-state index is -1.21. The van der Waals surface area contributed by atoms with E-state index < -0.39 is 30.4 Å². The molecule has 0 spiro atoms. The molecule has 3 aromatic rings. The summed E-state index contributed by atoms with van der Waals surface area (Å²) in [5.41, 5.74) is 0.969. The second kappa shape index (κ2) is 10.1. The van der Waals surface area contributed by atoms with Crippen LogP contribution in [0.3, 0.4) is 0 Å². The molecule has 1 N–H and O–H groups in total. The molecule has 0 aromatic heterocycles. The summed E-state index contributed by atoms with van der Waals surface area (Å²) in [5, 5.41) is 2.71. The van der Waals surface area contributed by atoms with Gasteiger partial charge in [0.1, 0.15) is 5.75 Å². The second-order valence-corrected chi connectivity index (χ2v) is 6.22. The Labute approximate surface area is 173 Å². The van der Waals surface area contributed by atoms with Crippen LogP contribution in [0.5, 0.6) is 11.5 Å². The molecule has 0 aliphatic rings. The summed E-state index contributed by atoms with van der Waals surface area (Å²) in [4.78, 5) is 25.1. The van der Waals surface area contributed by atoms with Gasteiger partial charge in [0.25, 0.3) is 5.91 Å². The normalized spacial score (nSPS) is 11.3. The average Bonchev–Trinajstić information content (AvgIpc) is 2.77. The molecule has 0 fully saturated rings. The van der Waals surface area contributed by atoms with Crippen LogP contribution in [0.25, 0.3) is 0 Å². The number of halogens is 1. The first-order valence-corrected chi connectivity index (χ1v) is 9.13. The van der Waals surface area contributed by atoms with Gasteiger partial charge in [0, 0.05) is 17.3 Å². The monoisotopic (exact) mass is 409 g/mol. The van der Waals surface area contributed by atoms with Crippen molar-refractivity contribution in [3.63, 3.8) is 0 Å². The zero-order chi connectivity index (χ0) is 21.3. The third-order valence-electron chi connectivity index (χ3n) is 4.11. The standard InChI is InChI=1S/C23H20FNO5/c1-28-18-11-7-10-17(14-18)25-23(27)22(16-8-3-2-4-9-16)30-21(26)15-29-20-13-6-5-12-19(20)24/h2-14,22H,15H2,1H3,(H,25,27)/t22-/m1/s1. The van der Waals surface area contributed by atoms with E-state index in [1.807, 2.05) is 0 Å². The summed E-state index contributed by atoms with van der Waals surface area (Å²) in [6, 6.07) is 21.1. The van der Waals surface area contributed by atoms with Crippen molar-refractivity contribution in [2.24, 2.45) is 0 Å². The van der Waals surface area contributed by atoms with Gasteiger partial charge in [-0.15, -0.1) is 0 Å². The maximum atomic E-state index is 13.6. The molecule has 0 unspecified atom stereocenters. The Morgan fingerprint density at radius 1 is 0.967 bits per heavy atom. The summed E-state index contributed by atoms with van der Waals surface area (Å²) in [7, 11) is 1.52. The van der Waals surface area contributed by atoms with Crippen molar-refractivity contribution in [1.29, 1.82) is 0 Å². The minimum Gasteiger partial charge on any atom is -0.497 e. The summed E-state index contributed by atoms with van der Waals surface area (Å²) in [6.45, 7) is -0.545. The topological polar surface area (TPSA) is 73.9 Å². The van der Waals surface area contributed by atoms with E-state index in [0.29, 0.717) is 17.0 Å². The molecule has 0 saturated carbocycles. The molecule has 0 aliphatic heterocycles. The molecule has 7 heteroatoms. The first-order chi connectivity index (χ1) is 14.6. The molecule has 1 atom stereocenters. The Morgan fingerprint density at radius 3 is 2.43 bits per heavy atom. The lowest BCUT2D eigenvalue weighted by atomic mass is 10.1. The van der Waals surface area contributed by atoms with Crippen molar-refractivity contribution >= 4 is 17.6 Å². The molecule has 154 valence electrons. The molecule has 30 heavy (non-hydrogen) atoms. The van der Waals surface area contributed by atoms with Crippen molar-refractivity contribution in [2.45, 2.75) is 6.10 Å². The van der Waals surface area contributed by atoms with E-state index in [0.717, 1.165) is 0 Å². The molecule has 0 aliphatic carbocycles. The molecule has 0 bridgehead atoms. The summed E-state index contributed by atoms with van der Waals surface area (Å²) in [6.07, 6.45) is -1.21. The maximum Gasteiger partial charge on any atom is 0.345 e. The molecule has 0 saturated heterocycles. The Hall–Kier alpha value is -3.87. The number of nitrogens with one attached hydrogen (secondary N) is 1. The van der Waals surface area contributed by atoms with Crippen molar-refractivity contribution in [1.82, 2.24) is 0 Å². The maximum absolute atomic E-state index is 13.6. The van der Waals surface area contributed by atoms with E-state index in [-0.39, 0.29) is 5.75 Å². The fraction of sp³-hybridized carbons (Fsp3) is 0.130. The minimum absolute atomic E-state index is 0.0773. The van der Waals surface area contributed by atoms with E-state index in [1.165, 1.54) is 25.3 Å². The van der Waals surface area contributed by atoms with Crippen molar-refractivity contribution < 1.29 is 28.2 Å². The number of hydrogen-bond donors (Lipinski definition) is 1. The Bertz CT molecular complexity index is 1010. The Morgan fingerprint density at radius 2 is 1.70 bits per heavy atom. The van der Waals surface area contributed by atoms with Gasteiger partial charge in [0.05, 0.1) is 7.11 Å². The summed E-state index contributed by atoms with van der Waals surface area (Å²) >= 11 is 0. The smallest absolute Gasteiger partial charge is 0.345 e. The number of carbonyl (C=O) groups excluding carboxylic acids is 2. The number of rotatable bonds is 8. The van der Waals surface area contributed by atoms with Gasteiger partial charge >= 0.3 is 5.97 Å². The highest BCUT2D eigenvalue weighted by molar-refractivity contribution is 5.96. The quantitative estimate of drug-likeness (QED) is 0.566. The van der Waals surface area contributed by atoms with Gasteiger partial charge in [-0.1, -0.05) is 48.5 Å². The van der Waals surface area contributed by atoms with Gasteiger partial charge in [-0.25, -0.2) is 9.18 Å². The third kappa shape index (κ3) is 5.57. The Balaban J connectivity index is 1.71. The Kier molecular flexibility index (Phi) is 7.00. The number of benzene rings is 3. The van der Waals surface area contributed by atoms with Gasteiger partial charge < -0.3 is 19.5 Å². The lowest BCUT2D eigenvalue weighted by molar-refractivity contribution is -0.156. The first-order valence-electron chi connectivity index (χ1n) is 9.13. The predicted octanol–water partition coefficient (Wildman–Crippen LogP) is 4.14. The first kappa shape index (κ1) is 20.9. The van der Waals surface area contributed by atoms with Crippen LogP contribution in [-0.4, -0.2) is 25.6 Å². The highest BCUT2D eigenvalue weighted by Crippen LogP contribution is 2.23. The van der Waals surface area contributed by atoms with Gasteiger partial charge in [0.2, 0.25) is 6.10 Å². The van der Waals surface area contributed by atoms with E-state index in [9.17, 15) is 14.0 Å². The number of esters is 1. The number of anilines is 1. The molecule has 3 aromatic carbocycles. The average molecular weight is 409 g/mol. The number of ether oxygens (including phenoxy) is 3. The van der Waals surface area contributed by atoms with Crippen LogP contribution in [0.15, 0.2) is 78.9 Å².